The highest BCUT2D eigenvalue weighted by Gasteiger charge is 2.05. The van der Waals surface area contributed by atoms with Gasteiger partial charge in [-0.2, -0.15) is 0 Å². The Morgan fingerprint density at radius 2 is 2.36 bits per heavy atom. The molecular formula is C10H14N2O2. The molecule has 14 heavy (non-hydrogen) atoms. The van der Waals surface area contributed by atoms with Crippen molar-refractivity contribution in [2.75, 3.05) is 0 Å². The smallest absolute Gasteiger partial charge is 0.310 e. The van der Waals surface area contributed by atoms with E-state index >= 15 is 0 Å². The van der Waals surface area contributed by atoms with E-state index in [2.05, 4.69) is 4.98 Å². The molecule has 0 amide bonds. The Morgan fingerprint density at radius 3 is 2.86 bits per heavy atom. The lowest BCUT2D eigenvalue weighted by Gasteiger charge is -2.06. The number of aromatic nitrogens is 1. The van der Waals surface area contributed by atoms with Crippen LogP contribution >= 0.6 is 0 Å². The number of carbonyl (C=O) groups excluding carboxylic acids is 1. The van der Waals surface area contributed by atoms with Crippen LogP contribution in [0.25, 0.3) is 0 Å². The Kier molecular flexibility index (Phi) is 3.59. The molecule has 4 heteroatoms. The lowest BCUT2D eigenvalue weighted by atomic mass is 10.2. The van der Waals surface area contributed by atoms with Crippen LogP contribution < -0.4 is 10.5 Å². The molecule has 0 aliphatic heterocycles. The summed E-state index contributed by atoms with van der Waals surface area (Å²) >= 11 is 0. The van der Waals surface area contributed by atoms with E-state index in [-0.39, 0.29) is 5.97 Å². The molecule has 0 bridgehead atoms. The first-order valence-electron chi connectivity index (χ1n) is 4.53. The van der Waals surface area contributed by atoms with Gasteiger partial charge < -0.3 is 10.5 Å². The van der Waals surface area contributed by atoms with Crippen molar-refractivity contribution in [3.8, 4) is 5.75 Å². The first-order valence-corrected chi connectivity index (χ1v) is 4.53. The van der Waals surface area contributed by atoms with Crippen LogP contribution in [0.2, 0.25) is 0 Å². The van der Waals surface area contributed by atoms with Crippen LogP contribution in [0.15, 0.2) is 12.3 Å². The Hall–Kier alpha value is -1.42. The van der Waals surface area contributed by atoms with Gasteiger partial charge in [-0.3, -0.25) is 9.78 Å². The van der Waals surface area contributed by atoms with Gasteiger partial charge in [0.25, 0.3) is 0 Å². The average molecular weight is 194 g/mol. The van der Waals surface area contributed by atoms with Gasteiger partial charge in [0.1, 0.15) is 0 Å². The molecule has 0 aliphatic carbocycles. The van der Waals surface area contributed by atoms with E-state index in [9.17, 15) is 4.79 Å². The summed E-state index contributed by atoms with van der Waals surface area (Å²) in [5, 5.41) is 0. The van der Waals surface area contributed by atoms with Crippen molar-refractivity contribution >= 4 is 5.97 Å². The Bertz CT molecular complexity index is 337. The van der Waals surface area contributed by atoms with Crippen LogP contribution in [0.3, 0.4) is 0 Å². The summed E-state index contributed by atoms with van der Waals surface area (Å²) in [7, 11) is 0. The Balaban J connectivity index is 2.83. The molecule has 76 valence electrons. The van der Waals surface area contributed by atoms with Crippen molar-refractivity contribution < 1.29 is 9.53 Å². The molecular weight excluding hydrogens is 180 g/mol. The van der Waals surface area contributed by atoms with Gasteiger partial charge in [0.05, 0.1) is 11.9 Å². The number of esters is 1. The second-order valence-electron chi connectivity index (χ2n) is 2.97. The van der Waals surface area contributed by atoms with E-state index in [1.54, 1.807) is 6.92 Å². The van der Waals surface area contributed by atoms with Gasteiger partial charge in [0.15, 0.2) is 5.75 Å². The maximum Gasteiger partial charge on any atom is 0.310 e. The number of nitrogens with zero attached hydrogens (tertiary/aromatic N) is 1. The van der Waals surface area contributed by atoms with Crippen molar-refractivity contribution in [2.24, 2.45) is 5.73 Å². The molecule has 2 N–H and O–H groups in total. The second kappa shape index (κ2) is 4.72. The Morgan fingerprint density at radius 1 is 1.64 bits per heavy atom. The summed E-state index contributed by atoms with van der Waals surface area (Å²) < 4.78 is 5.05. The zero-order valence-corrected chi connectivity index (χ0v) is 8.41. The lowest BCUT2D eigenvalue weighted by molar-refractivity contribution is -0.134. The van der Waals surface area contributed by atoms with Crippen LogP contribution in [0.5, 0.6) is 5.75 Å². The lowest BCUT2D eigenvalue weighted by Crippen LogP contribution is -2.08. The minimum absolute atomic E-state index is 0.254. The third-order valence-corrected chi connectivity index (χ3v) is 1.84. The van der Waals surface area contributed by atoms with Crippen molar-refractivity contribution in [2.45, 2.75) is 26.8 Å². The second-order valence-corrected chi connectivity index (χ2v) is 2.97. The van der Waals surface area contributed by atoms with Crippen molar-refractivity contribution in [1.82, 2.24) is 4.98 Å². The molecule has 0 aromatic carbocycles. The fraction of sp³-hybridized carbons (Fsp3) is 0.400. The highest BCUT2D eigenvalue weighted by Crippen LogP contribution is 2.17. The fourth-order valence-corrected chi connectivity index (χ4v) is 1.01. The van der Waals surface area contributed by atoms with Crippen LogP contribution in [0.1, 0.15) is 24.6 Å². The van der Waals surface area contributed by atoms with E-state index in [1.807, 2.05) is 13.0 Å². The number of hydrogen-bond donors (Lipinski definition) is 1. The standard InChI is InChI=1S/C10H14N2O2/c1-3-10(13)14-9-6-12-8(5-11)4-7(9)2/h4,6H,3,5,11H2,1-2H3. The maximum atomic E-state index is 11.0. The van der Waals surface area contributed by atoms with Crippen LogP contribution in [-0.2, 0) is 11.3 Å². The van der Waals surface area contributed by atoms with Gasteiger partial charge >= 0.3 is 5.97 Å². The fourth-order valence-electron chi connectivity index (χ4n) is 1.01. The molecule has 0 atom stereocenters. The number of carbonyl (C=O) groups is 1. The van der Waals surface area contributed by atoms with Crippen molar-refractivity contribution in [3.05, 3.63) is 23.5 Å². The highest BCUT2D eigenvalue weighted by molar-refractivity contribution is 5.72. The molecule has 0 aliphatic rings. The summed E-state index contributed by atoms with van der Waals surface area (Å²) in [5.74, 6) is 0.254. The molecule has 0 spiro atoms. The van der Waals surface area contributed by atoms with Crippen molar-refractivity contribution in [1.29, 1.82) is 0 Å². The predicted octanol–water partition coefficient (Wildman–Crippen LogP) is 1.16. The van der Waals surface area contributed by atoms with Gasteiger partial charge in [-0.15, -0.1) is 0 Å². The first-order chi connectivity index (χ1) is 6.67. The minimum atomic E-state index is -0.254. The normalized spacial score (nSPS) is 9.93. The van der Waals surface area contributed by atoms with E-state index in [0.717, 1.165) is 11.3 Å². The van der Waals surface area contributed by atoms with Gasteiger partial charge in [-0.1, -0.05) is 6.92 Å². The largest absolute Gasteiger partial charge is 0.425 e. The maximum absolute atomic E-state index is 11.0. The molecule has 1 aromatic heterocycles. The number of ether oxygens (including phenoxy) is 1. The quantitative estimate of drug-likeness (QED) is 0.733. The summed E-state index contributed by atoms with van der Waals surface area (Å²) in [6.45, 7) is 4.00. The third kappa shape index (κ3) is 2.53. The molecule has 1 aromatic rings. The molecule has 1 heterocycles. The van der Waals surface area contributed by atoms with Crippen LogP contribution in [-0.4, -0.2) is 11.0 Å². The molecule has 0 fully saturated rings. The SMILES string of the molecule is CCC(=O)Oc1cnc(CN)cc1C. The summed E-state index contributed by atoms with van der Waals surface area (Å²) in [4.78, 5) is 15.1. The van der Waals surface area contributed by atoms with Crippen molar-refractivity contribution in [3.63, 3.8) is 0 Å². The number of nitrogens with two attached hydrogens (primary N) is 1. The van der Waals surface area contributed by atoms with Gasteiger partial charge in [0, 0.05) is 13.0 Å². The summed E-state index contributed by atoms with van der Waals surface area (Å²) in [5.41, 5.74) is 7.09. The summed E-state index contributed by atoms with van der Waals surface area (Å²) in [6, 6.07) is 1.82. The number of rotatable bonds is 3. The molecule has 0 radical (unpaired) electrons. The number of pyridine rings is 1. The zero-order valence-electron chi connectivity index (χ0n) is 8.41. The number of aryl methyl sites for hydroxylation is 1. The Labute approximate surface area is 83.1 Å². The number of hydrogen-bond acceptors (Lipinski definition) is 4. The first kappa shape index (κ1) is 10.7. The predicted molar refractivity (Wildman–Crippen MR) is 52.8 cm³/mol. The topological polar surface area (TPSA) is 65.2 Å². The third-order valence-electron chi connectivity index (χ3n) is 1.84. The van der Waals surface area contributed by atoms with Crippen LogP contribution in [0.4, 0.5) is 0 Å². The molecule has 0 saturated heterocycles. The van der Waals surface area contributed by atoms with E-state index in [0.29, 0.717) is 18.7 Å². The van der Waals surface area contributed by atoms with E-state index in [1.165, 1.54) is 6.20 Å². The van der Waals surface area contributed by atoms with Gasteiger partial charge in [-0.25, -0.2) is 0 Å². The van der Waals surface area contributed by atoms with E-state index < -0.39 is 0 Å². The van der Waals surface area contributed by atoms with E-state index in [4.69, 9.17) is 10.5 Å². The molecule has 4 nitrogen and oxygen atoms in total. The van der Waals surface area contributed by atoms with Gasteiger partial charge in [-0.05, 0) is 18.6 Å². The minimum Gasteiger partial charge on any atom is -0.425 e. The molecule has 0 unspecified atom stereocenters. The summed E-state index contributed by atoms with van der Waals surface area (Å²) in [6.07, 6.45) is 1.89. The van der Waals surface area contributed by atoms with Crippen LogP contribution in [0, 0.1) is 6.92 Å². The average Bonchev–Trinajstić information content (AvgIpc) is 2.20. The molecule has 1 rings (SSSR count). The monoisotopic (exact) mass is 194 g/mol. The highest BCUT2D eigenvalue weighted by atomic mass is 16.5. The van der Waals surface area contributed by atoms with Gasteiger partial charge in [0.2, 0.25) is 0 Å². The molecule has 0 saturated carbocycles. The zero-order chi connectivity index (χ0) is 10.6.